The minimum absolute atomic E-state index is 0.0369. The lowest BCUT2D eigenvalue weighted by Gasteiger charge is -2.18. The molecule has 0 saturated heterocycles. The highest BCUT2D eigenvalue weighted by Gasteiger charge is 2.17. The molecule has 0 atom stereocenters. The van der Waals surface area contributed by atoms with Crippen molar-refractivity contribution in [2.75, 3.05) is 12.8 Å². The molecule has 104 valence electrons. The molecule has 1 heterocycles. The normalized spacial score (nSPS) is 14.6. The first-order chi connectivity index (χ1) is 9.13. The van der Waals surface area contributed by atoms with Crippen LogP contribution in [0, 0.1) is 0 Å². The number of hydrogen-bond acceptors (Lipinski definition) is 4. The number of nitrogens with zero attached hydrogens (tertiary/aromatic N) is 3. The first-order valence-corrected chi connectivity index (χ1v) is 7.32. The summed E-state index contributed by atoms with van der Waals surface area (Å²) in [6, 6.07) is 0. The van der Waals surface area contributed by atoms with E-state index >= 15 is 0 Å². The Bertz CT molecular complexity index is 496. The molecule has 0 aliphatic heterocycles. The third-order valence-corrected chi connectivity index (χ3v) is 4.38. The van der Waals surface area contributed by atoms with Crippen molar-refractivity contribution in [3.63, 3.8) is 0 Å². The van der Waals surface area contributed by atoms with Gasteiger partial charge in [0.05, 0.1) is 24.3 Å². The van der Waals surface area contributed by atoms with Gasteiger partial charge in [0.25, 0.3) is 0 Å². The molecule has 1 aliphatic rings. The summed E-state index contributed by atoms with van der Waals surface area (Å²) in [5.41, 5.74) is 1.88. The Hall–Kier alpha value is -1.27. The first kappa shape index (κ1) is 14.1. The third-order valence-electron chi connectivity index (χ3n) is 3.35. The molecule has 2 rings (SSSR count). The molecule has 1 amide bonds. The van der Waals surface area contributed by atoms with E-state index in [4.69, 9.17) is 5.11 Å². The number of aromatic nitrogens is 2. The SMILES string of the molecule is CN(C(=O)CSc1ncc(CO)n1C)C1=CCCC1. The zero-order chi connectivity index (χ0) is 13.8. The lowest BCUT2D eigenvalue weighted by molar-refractivity contribution is -0.125. The monoisotopic (exact) mass is 281 g/mol. The van der Waals surface area contributed by atoms with E-state index in [0.717, 1.165) is 35.8 Å². The highest BCUT2D eigenvalue weighted by Crippen LogP contribution is 2.22. The van der Waals surface area contributed by atoms with Crippen LogP contribution in [0.3, 0.4) is 0 Å². The molecule has 1 aliphatic carbocycles. The zero-order valence-electron chi connectivity index (χ0n) is 11.3. The Labute approximate surface area is 117 Å². The molecule has 0 aromatic carbocycles. The van der Waals surface area contributed by atoms with Gasteiger partial charge in [-0.05, 0) is 19.3 Å². The van der Waals surface area contributed by atoms with Crippen molar-refractivity contribution in [3.05, 3.63) is 23.7 Å². The topological polar surface area (TPSA) is 58.4 Å². The van der Waals surface area contributed by atoms with E-state index in [1.54, 1.807) is 11.1 Å². The van der Waals surface area contributed by atoms with Crippen molar-refractivity contribution in [1.82, 2.24) is 14.5 Å². The van der Waals surface area contributed by atoms with Crippen LogP contribution in [-0.4, -0.2) is 38.3 Å². The number of carbonyl (C=O) groups is 1. The van der Waals surface area contributed by atoms with Gasteiger partial charge < -0.3 is 14.6 Å². The molecule has 0 spiro atoms. The second kappa shape index (κ2) is 6.25. The van der Waals surface area contributed by atoms with Crippen LogP contribution in [0.1, 0.15) is 25.0 Å². The van der Waals surface area contributed by atoms with E-state index in [1.165, 1.54) is 11.8 Å². The Kier molecular flexibility index (Phi) is 4.66. The predicted molar refractivity (Wildman–Crippen MR) is 74.6 cm³/mol. The van der Waals surface area contributed by atoms with E-state index in [1.807, 2.05) is 18.7 Å². The molecule has 19 heavy (non-hydrogen) atoms. The number of carbonyl (C=O) groups excluding carboxylic acids is 1. The van der Waals surface area contributed by atoms with Crippen LogP contribution >= 0.6 is 11.8 Å². The zero-order valence-corrected chi connectivity index (χ0v) is 12.1. The highest BCUT2D eigenvalue weighted by molar-refractivity contribution is 7.99. The largest absolute Gasteiger partial charge is 0.390 e. The quantitative estimate of drug-likeness (QED) is 0.832. The molecular weight excluding hydrogens is 262 g/mol. The highest BCUT2D eigenvalue weighted by atomic mass is 32.2. The van der Waals surface area contributed by atoms with Gasteiger partial charge in [-0.15, -0.1) is 0 Å². The summed E-state index contributed by atoms with van der Waals surface area (Å²) in [6.07, 6.45) is 6.96. The molecule has 6 heteroatoms. The van der Waals surface area contributed by atoms with Gasteiger partial charge in [-0.25, -0.2) is 4.98 Å². The second-order valence-electron chi connectivity index (χ2n) is 4.58. The van der Waals surface area contributed by atoms with Crippen molar-refractivity contribution in [2.45, 2.75) is 31.0 Å². The van der Waals surface area contributed by atoms with E-state index < -0.39 is 0 Å². The van der Waals surface area contributed by atoms with Gasteiger partial charge in [0, 0.05) is 19.8 Å². The molecule has 1 aromatic heterocycles. The maximum atomic E-state index is 12.1. The number of aliphatic hydroxyl groups is 1. The lowest BCUT2D eigenvalue weighted by Crippen LogP contribution is -2.27. The Morgan fingerprint density at radius 2 is 2.42 bits per heavy atom. The van der Waals surface area contributed by atoms with Crippen LogP contribution in [0.5, 0.6) is 0 Å². The van der Waals surface area contributed by atoms with Crippen LogP contribution in [0.25, 0.3) is 0 Å². The lowest BCUT2D eigenvalue weighted by atomic mass is 10.3. The van der Waals surface area contributed by atoms with Crippen LogP contribution in [0.15, 0.2) is 23.1 Å². The second-order valence-corrected chi connectivity index (χ2v) is 5.52. The number of thioether (sulfide) groups is 1. The van der Waals surface area contributed by atoms with Crippen molar-refractivity contribution in [1.29, 1.82) is 0 Å². The number of allylic oxidation sites excluding steroid dienone is 2. The molecule has 1 aromatic rings. The molecule has 0 unspecified atom stereocenters. The van der Waals surface area contributed by atoms with Gasteiger partial charge in [0.2, 0.25) is 5.91 Å². The van der Waals surface area contributed by atoms with Gasteiger partial charge in [0.15, 0.2) is 5.16 Å². The Balaban J connectivity index is 1.91. The van der Waals surface area contributed by atoms with Gasteiger partial charge in [-0.3, -0.25) is 4.79 Å². The van der Waals surface area contributed by atoms with E-state index in [2.05, 4.69) is 11.1 Å². The standard InChI is InChI=1S/C13H19N3O2S/c1-15(10-5-3-4-6-10)12(18)9-19-13-14-7-11(8-17)16(13)2/h5,7,17H,3-4,6,8-9H2,1-2H3. The fourth-order valence-electron chi connectivity index (χ4n) is 2.05. The van der Waals surface area contributed by atoms with Crippen LogP contribution in [0.4, 0.5) is 0 Å². The predicted octanol–water partition coefficient (Wildman–Crippen LogP) is 1.53. The third kappa shape index (κ3) is 3.19. The average molecular weight is 281 g/mol. The average Bonchev–Trinajstić information content (AvgIpc) is 3.05. The van der Waals surface area contributed by atoms with E-state index in [-0.39, 0.29) is 12.5 Å². The van der Waals surface area contributed by atoms with Gasteiger partial charge in [-0.1, -0.05) is 17.8 Å². The Morgan fingerprint density at radius 1 is 1.63 bits per heavy atom. The van der Waals surface area contributed by atoms with Gasteiger partial charge in [0.1, 0.15) is 0 Å². The smallest absolute Gasteiger partial charge is 0.236 e. The van der Waals surface area contributed by atoms with Crippen molar-refractivity contribution in [3.8, 4) is 0 Å². The maximum absolute atomic E-state index is 12.1. The molecule has 0 saturated carbocycles. The summed E-state index contributed by atoms with van der Waals surface area (Å²) in [4.78, 5) is 18.0. The summed E-state index contributed by atoms with van der Waals surface area (Å²) in [6.45, 7) is -0.0369. The fraction of sp³-hybridized carbons (Fsp3) is 0.538. The summed E-state index contributed by atoms with van der Waals surface area (Å²) >= 11 is 1.40. The van der Waals surface area contributed by atoms with Gasteiger partial charge in [-0.2, -0.15) is 0 Å². The summed E-state index contributed by atoms with van der Waals surface area (Å²) in [7, 11) is 3.67. The van der Waals surface area contributed by atoms with Crippen LogP contribution in [0.2, 0.25) is 0 Å². The summed E-state index contributed by atoms with van der Waals surface area (Å²) in [5, 5.41) is 9.84. The Morgan fingerprint density at radius 3 is 3.00 bits per heavy atom. The summed E-state index contributed by atoms with van der Waals surface area (Å²) < 4.78 is 1.81. The molecule has 0 fully saturated rings. The number of imidazole rings is 1. The molecular formula is C13H19N3O2S. The first-order valence-electron chi connectivity index (χ1n) is 6.33. The van der Waals surface area contributed by atoms with Crippen LogP contribution < -0.4 is 0 Å². The van der Waals surface area contributed by atoms with Crippen molar-refractivity contribution in [2.24, 2.45) is 7.05 Å². The minimum Gasteiger partial charge on any atom is -0.390 e. The molecule has 0 bridgehead atoms. The number of amides is 1. The van der Waals surface area contributed by atoms with E-state index in [9.17, 15) is 4.79 Å². The van der Waals surface area contributed by atoms with Crippen molar-refractivity contribution < 1.29 is 9.90 Å². The molecule has 5 nitrogen and oxygen atoms in total. The number of aliphatic hydroxyl groups excluding tert-OH is 1. The van der Waals surface area contributed by atoms with Gasteiger partial charge >= 0.3 is 0 Å². The number of hydrogen-bond donors (Lipinski definition) is 1. The van der Waals surface area contributed by atoms with Crippen LogP contribution in [-0.2, 0) is 18.4 Å². The van der Waals surface area contributed by atoms with Crippen molar-refractivity contribution >= 4 is 17.7 Å². The van der Waals surface area contributed by atoms with E-state index in [0.29, 0.717) is 5.75 Å². The summed E-state index contributed by atoms with van der Waals surface area (Å²) in [5.74, 6) is 0.454. The minimum atomic E-state index is -0.0369. The molecule has 1 N–H and O–H groups in total. The number of rotatable bonds is 5. The molecule has 0 radical (unpaired) electrons. The fourth-order valence-corrected chi connectivity index (χ4v) is 2.93. The maximum Gasteiger partial charge on any atom is 0.236 e.